The number of halogens is 2. The van der Waals surface area contributed by atoms with E-state index in [1.165, 1.54) is 18.4 Å². The fraction of sp³-hybridized carbons (Fsp3) is 0.652. The molecule has 0 unspecified atom stereocenters. The number of benzene rings is 1. The summed E-state index contributed by atoms with van der Waals surface area (Å²) in [6, 6.07) is 8.13. The highest BCUT2D eigenvalue weighted by molar-refractivity contribution is 14.0. The van der Waals surface area contributed by atoms with Crippen LogP contribution < -0.4 is 10.6 Å². The summed E-state index contributed by atoms with van der Waals surface area (Å²) in [5.41, 5.74) is 1.21. The summed E-state index contributed by atoms with van der Waals surface area (Å²) in [6.07, 6.45) is 5.02. The fourth-order valence-electron chi connectivity index (χ4n) is 4.17. The van der Waals surface area contributed by atoms with Gasteiger partial charge in [-0.25, -0.2) is 0 Å². The van der Waals surface area contributed by atoms with Crippen LogP contribution in [0.1, 0.15) is 44.6 Å². The molecule has 0 atom stereocenters. The van der Waals surface area contributed by atoms with E-state index in [-0.39, 0.29) is 24.0 Å². The average molecular weight is 562 g/mol. The van der Waals surface area contributed by atoms with Crippen LogP contribution >= 0.6 is 35.6 Å². The Morgan fingerprint density at radius 1 is 1.19 bits per heavy atom. The summed E-state index contributed by atoms with van der Waals surface area (Å²) in [5, 5.41) is 7.62. The maximum Gasteiger partial charge on any atom is 0.222 e. The summed E-state index contributed by atoms with van der Waals surface area (Å²) >= 11 is 6.30. The Kier molecular flexibility index (Phi) is 12.0. The molecule has 0 aromatic heterocycles. The smallest absolute Gasteiger partial charge is 0.222 e. The number of rotatable bonds is 9. The van der Waals surface area contributed by atoms with Crippen molar-refractivity contribution in [3.63, 3.8) is 0 Å². The lowest BCUT2D eigenvalue weighted by Crippen LogP contribution is -2.40. The van der Waals surface area contributed by atoms with Crippen LogP contribution in [0.5, 0.6) is 0 Å². The zero-order valence-corrected chi connectivity index (χ0v) is 21.7. The van der Waals surface area contributed by atoms with Crippen molar-refractivity contribution >= 4 is 47.4 Å². The molecule has 2 N–H and O–H groups in total. The van der Waals surface area contributed by atoms with E-state index in [0.717, 1.165) is 76.2 Å². The van der Waals surface area contributed by atoms with Crippen LogP contribution in [0, 0.1) is 5.92 Å². The molecule has 2 fully saturated rings. The normalized spacial score (nSPS) is 18.2. The van der Waals surface area contributed by atoms with Crippen molar-refractivity contribution < 1.29 is 4.79 Å². The van der Waals surface area contributed by atoms with E-state index < -0.39 is 0 Å². The van der Waals surface area contributed by atoms with Gasteiger partial charge in [-0.15, -0.1) is 24.0 Å². The van der Waals surface area contributed by atoms with Crippen molar-refractivity contribution in [3.05, 3.63) is 34.9 Å². The van der Waals surface area contributed by atoms with E-state index in [1.54, 1.807) is 0 Å². The summed E-state index contributed by atoms with van der Waals surface area (Å²) in [6.45, 7) is 9.53. The van der Waals surface area contributed by atoms with E-state index in [4.69, 9.17) is 16.6 Å². The highest BCUT2D eigenvalue weighted by Gasteiger charge is 2.20. The zero-order valence-electron chi connectivity index (χ0n) is 18.6. The van der Waals surface area contributed by atoms with Crippen LogP contribution in [0.25, 0.3) is 0 Å². The van der Waals surface area contributed by atoms with Gasteiger partial charge < -0.3 is 15.5 Å². The van der Waals surface area contributed by atoms with Crippen molar-refractivity contribution in [2.75, 3.05) is 45.8 Å². The number of carbonyl (C=O) groups is 1. The van der Waals surface area contributed by atoms with Gasteiger partial charge in [-0.2, -0.15) is 0 Å². The number of piperidine rings is 1. The van der Waals surface area contributed by atoms with Crippen molar-refractivity contribution in [3.8, 4) is 0 Å². The number of nitrogens with one attached hydrogen (secondary N) is 2. The molecule has 0 bridgehead atoms. The lowest BCUT2D eigenvalue weighted by molar-refractivity contribution is -0.127. The number of aliphatic imine (C=N–C) groups is 1. The van der Waals surface area contributed by atoms with Gasteiger partial charge in [0.1, 0.15) is 0 Å². The largest absolute Gasteiger partial charge is 0.357 e. The van der Waals surface area contributed by atoms with Gasteiger partial charge in [0.05, 0.1) is 0 Å². The molecular formula is C23H37ClIN5O. The third-order valence-corrected chi connectivity index (χ3v) is 6.35. The minimum Gasteiger partial charge on any atom is -0.357 e. The van der Waals surface area contributed by atoms with Crippen molar-refractivity contribution in [2.45, 2.75) is 45.6 Å². The van der Waals surface area contributed by atoms with Gasteiger partial charge >= 0.3 is 0 Å². The second-order valence-corrected chi connectivity index (χ2v) is 8.70. The Morgan fingerprint density at radius 2 is 1.97 bits per heavy atom. The fourth-order valence-corrected chi connectivity index (χ4v) is 4.37. The van der Waals surface area contributed by atoms with Gasteiger partial charge in [0.2, 0.25) is 5.91 Å². The molecule has 2 heterocycles. The number of likely N-dealkylation sites (tertiary alicyclic amines) is 2. The van der Waals surface area contributed by atoms with E-state index in [2.05, 4.69) is 34.6 Å². The van der Waals surface area contributed by atoms with Crippen LogP contribution in [-0.2, 0) is 11.3 Å². The number of hydrogen-bond donors (Lipinski definition) is 2. The standard InChI is InChI=1S/C23H36ClN5O.HI/c1-2-25-23(26-12-6-14-29-13-5-9-22(29)30)27-17-19-10-15-28(16-11-19)18-20-7-3-4-8-21(20)24;/h3-4,7-8,19H,2,5-6,9-18H2,1H3,(H2,25,26,27);1H. The van der Waals surface area contributed by atoms with E-state index in [1.807, 2.05) is 17.0 Å². The first kappa shape index (κ1) is 26.2. The van der Waals surface area contributed by atoms with Crippen LogP contribution in [0.3, 0.4) is 0 Å². The molecule has 2 saturated heterocycles. The van der Waals surface area contributed by atoms with Crippen LogP contribution in [0.2, 0.25) is 5.02 Å². The molecule has 0 saturated carbocycles. The van der Waals surface area contributed by atoms with Gasteiger partial charge in [-0.1, -0.05) is 29.8 Å². The number of guanidine groups is 1. The first-order valence-corrected chi connectivity index (χ1v) is 11.8. The number of nitrogens with zero attached hydrogens (tertiary/aromatic N) is 3. The monoisotopic (exact) mass is 561 g/mol. The zero-order chi connectivity index (χ0) is 21.2. The highest BCUT2D eigenvalue weighted by Crippen LogP contribution is 2.22. The maximum atomic E-state index is 11.7. The molecule has 3 rings (SSSR count). The lowest BCUT2D eigenvalue weighted by Gasteiger charge is -2.31. The Hall–Kier alpha value is -1.06. The van der Waals surface area contributed by atoms with E-state index in [9.17, 15) is 4.79 Å². The predicted molar refractivity (Wildman–Crippen MR) is 139 cm³/mol. The minimum atomic E-state index is 0. The van der Waals surface area contributed by atoms with Crippen LogP contribution in [0.15, 0.2) is 29.3 Å². The van der Waals surface area contributed by atoms with Crippen molar-refractivity contribution in [1.82, 2.24) is 20.4 Å². The molecule has 8 heteroatoms. The van der Waals surface area contributed by atoms with Gasteiger partial charge in [0.15, 0.2) is 5.96 Å². The topological polar surface area (TPSA) is 60.0 Å². The third kappa shape index (κ3) is 8.77. The van der Waals surface area contributed by atoms with E-state index >= 15 is 0 Å². The summed E-state index contributed by atoms with van der Waals surface area (Å²) in [7, 11) is 0. The van der Waals surface area contributed by atoms with Gasteiger partial charge in [-0.3, -0.25) is 14.7 Å². The molecule has 2 aliphatic rings. The Morgan fingerprint density at radius 3 is 2.65 bits per heavy atom. The first-order valence-electron chi connectivity index (χ1n) is 11.4. The average Bonchev–Trinajstić information content (AvgIpc) is 3.16. The second-order valence-electron chi connectivity index (χ2n) is 8.30. The SMILES string of the molecule is CCNC(=NCC1CCN(Cc2ccccc2Cl)CC1)NCCCN1CCCC1=O.I. The lowest BCUT2D eigenvalue weighted by atomic mass is 9.96. The van der Waals surface area contributed by atoms with Gasteiger partial charge in [0.25, 0.3) is 0 Å². The Balaban J connectivity index is 0.00000341. The van der Waals surface area contributed by atoms with Gasteiger partial charge in [0, 0.05) is 50.7 Å². The predicted octanol–water partition coefficient (Wildman–Crippen LogP) is 3.74. The molecule has 1 aromatic rings. The molecule has 2 aliphatic heterocycles. The number of carbonyl (C=O) groups excluding carboxylic acids is 1. The Labute approximate surface area is 209 Å². The molecule has 1 aromatic carbocycles. The van der Waals surface area contributed by atoms with Crippen molar-refractivity contribution in [1.29, 1.82) is 0 Å². The summed E-state index contributed by atoms with van der Waals surface area (Å²) < 4.78 is 0. The summed E-state index contributed by atoms with van der Waals surface area (Å²) in [5.74, 6) is 1.82. The third-order valence-electron chi connectivity index (χ3n) is 5.98. The first-order chi connectivity index (χ1) is 14.7. The maximum absolute atomic E-state index is 11.7. The number of hydrogen-bond acceptors (Lipinski definition) is 3. The Bertz CT molecular complexity index is 709. The van der Waals surface area contributed by atoms with Crippen LogP contribution in [0.4, 0.5) is 0 Å². The molecule has 174 valence electrons. The van der Waals surface area contributed by atoms with Crippen molar-refractivity contribution in [2.24, 2.45) is 10.9 Å². The molecule has 31 heavy (non-hydrogen) atoms. The molecule has 0 aliphatic carbocycles. The quantitative estimate of drug-likeness (QED) is 0.209. The molecule has 0 radical (unpaired) electrons. The number of amides is 1. The van der Waals surface area contributed by atoms with E-state index in [0.29, 0.717) is 18.2 Å². The van der Waals surface area contributed by atoms with Crippen LogP contribution in [-0.4, -0.2) is 67.5 Å². The minimum absolute atomic E-state index is 0. The van der Waals surface area contributed by atoms with Gasteiger partial charge in [-0.05, 0) is 63.2 Å². The molecular weight excluding hydrogens is 525 g/mol. The molecule has 0 spiro atoms. The molecule has 1 amide bonds. The summed E-state index contributed by atoms with van der Waals surface area (Å²) in [4.78, 5) is 21.0. The second kappa shape index (κ2) is 14.2. The molecule has 6 nitrogen and oxygen atoms in total. The highest BCUT2D eigenvalue weighted by atomic mass is 127.